The average molecular weight is 240 g/mol. The monoisotopic (exact) mass is 240 g/mol. The molecule has 0 aromatic carbocycles. The zero-order valence-corrected chi connectivity index (χ0v) is 10.9. The van der Waals surface area contributed by atoms with Gasteiger partial charge in [0.1, 0.15) is 0 Å². The van der Waals surface area contributed by atoms with Crippen LogP contribution in [0.2, 0.25) is 0 Å². The summed E-state index contributed by atoms with van der Waals surface area (Å²) in [7, 11) is 1.69. The summed E-state index contributed by atoms with van der Waals surface area (Å²) in [6.45, 7) is 7.27. The number of rotatable bonds is 10. The third-order valence-corrected chi connectivity index (χ3v) is 2.64. The molecule has 1 N–H and O–H groups in total. The van der Waals surface area contributed by atoms with E-state index in [0.717, 1.165) is 32.7 Å². The first kappa shape index (κ1) is 14.2. The van der Waals surface area contributed by atoms with Crippen molar-refractivity contribution in [3.63, 3.8) is 0 Å². The third-order valence-electron chi connectivity index (χ3n) is 2.64. The normalized spacial score (nSPS) is 10.9. The maximum absolute atomic E-state index is 5.39. The van der Waals surface area contributed by atoms with Gasteiger partial charge in [-0.25, -0.2) is 0 Å². The lowest BCUT2D eigenvalue weighted by atomic mass is 10.4. The largest absolute Gasteiger partial charge is 0.382 e. The summed E-state index contributed by atoms with van der Waals surface area (Å²) in [5.74, 6) is 0. The summed E-state index contributed by atoms with van der Waals surface area (Å²) >= 11 is 0. The molecule has 0 aliphatic rings. The fourth-order valence-corrected chi connectivity index (χ4v) is 1.68. The van der Waals surface area contributed by atoms with Crippen LogP contribution < -0.4 is 5.32 Å². The minimum Gasteiger partial charge on any atom is -0.382 e. The maximum atomic E-state index is 5.39. The van der Waals surface area contributed by atoms with Gasteiger partial charge in [-0.05, 0) is 32.0 Å². The number of nitrogens with one attached hydrogen (secondary N) is 1. The number of aromatic nitrogens is 1. The van der Waals surface area contributed by atoms with Crippen molar-refractivity contribution in [2.75, 3.05) is 33.5 Å². The molecule has 0 bridgehead atoms. The summed E-state index contributed by atoms with van der Waals surface area (Å²) < 4.78 is 12.5. The Bertz CT molecular complexity index is 287. The Morgan fingerprint density at radius 3 is 2.94 bits per heavy atom. The van der Waals surface area contributed by atoms with Crippen molar-refractivity contribution in [1.82, 2.24) is 9.88 Å². The highest BCUT2D eigenvalue weighted by Gasteiger charge is 1.97. The third kappa shape index (κ3) is 5.86. The lowest BCUT2D eigenvalue weighted by molar-refractivity contribution is 0.0694. The van der Waals surface area contributed by atoms with Crippen LogP contribution in [0.4, 0.5) is 0 Å². The van der Waals surface area contributed by atoms with E-state index in [1.54, 1.807) is 7.11 Å². The number of hydrogen-bond donors (Lipinski definition) is 1. The van der Waals surface area contributed by atoms with Crippen molar-refractivity contribution < 1.29 is 9.47 Å². The molecular formula is C13H24N2O2. The molecule has 0 amide bonds. The van der Waals surface area contributed by atoms with E-state index in [1.165, 1.54) is 5.69 Å². The second kappa shape index (κ2) is 9.22. The minimum absolute atomic E-state index is 0.678. The molecule has 4 nitrogen and oxygen atoms in total. The van der Waals surface area contributed by atoms with Gasteiger partial charge in [-0.2, -0.15) is 0 Å². The predicted octanol–water partition coefficient (Wildman–Crippen LogP) is 1.65. The highest BCUT2D eigenvalue weighted by atomic mass is 16.5. The Morgan fingerprint density at radius 2 is 2.18 bits per heavy atom. The SMILES string of the molecule is CCn1cccc1CNCCCOCCOC. The topological polar surface area (TPSA) is 35.4 Å². The number of hydrogen-bond acceptors (Lipinski definition) is 3. The first-order valence-corrected chi connectivity index (χ1v) is 6.30. The number of nitrogens with zero attached hydrogens (tertiary/aromatic N) is 1. The van der Waals surface area contributed by atoms with Gasteiger partial charge in [0.05, 0.1) is 13.2 Å². The molecule has 0 unspecified atom stereocenters. The highest BCUT2D eigenvalue weighted by molar-refractivity contribution is 5.06. The Morgan fingerprint density at radius 1 is 1.29 bits per heavy atom. The zero-order valence-electron chi connectivity index (χ0n) is 10.9. The van der Waals surface area contributed by atoms with Crippen molar-refractivity contribution in [2.45, 2.75) is 26.4 Å². The Balaban J connectivity index is 1.97. The molecular weight excluding hydrogens is 216 g/mol. The van der Waals surface area contributed by atoms with E-state index >= 15 is 0 Å². The van der Waals surface area contributed by atoms with Crippen LogP contribution in [0.5, 0.6) is 0 Å². The molecule has 0 aliphatic carbocycles. The fraction of sp³-hybridized carbons (Fsp3) is 0.692. The van der Waals surface area contributed by atoms with Crippen LogP contribution in [-0.2, 0) is 22.6 Å². The van der Waals surface area contributed by atoms with Gasteiger partial charge in [0.25, 0.3) is 0 Å². The van der Waals surface area contributed by atoms with E-state index in [1.807, 2.05) is 0 Å². The molecule has 0 spiro atoms. The summed E-state index contributed by atoms with van der Waals surface area (Å²) in [4.78, 5) is 0. The van der Waals surface area contributed by atoms with Gasteiger partial charge in [-0.1, -0.05) is 0 Å². The van der Waals surface area contributed by atoms with E-state index in [2.05, 4.69) is 35.1 Å². The van der Waals surface area contributed by atoms with Crippen LogP contribution in [0.15, 0.2) is 18.3 Å². The summed E-state index contributed by atoms with van der Waals surface area (Å²) in [5.41, 5.74) is 1.34. The predicted molar refractivity (Wildman–Crippen MR) is 69.1 cm³/mol. The lowest BCUT2D eigenvalue weighted by Crippen LogP contribution is -2.18. The Kier molecular flexibility index (Phi) is 7.71. The van der Waals surface area contributed by atoms with E-state index < -0.39 is 0 Å². The van der Waals surface area contributed by atoms with Crippen molar-refractivity contribution in [1.29, 1.82) is 0 Å². The molecule has 1 aromatic heterocycles. The van der Waals surface area contributed by atoms with Gasteiger partial charge in [0.2, 0.25) is 0 Å². The van der Waals surface area contributed by atoms with Crippen molar-refractivity contribution >= 4 is 0 Å². The summed E-state index contributed by atoms with van der Waals surface area (Å²) in [5, 5.41) is 3.42. The zero-order chi connectivity index (χ0) is 12.3. The second-order valence-corrected chi connectivity index (χ2v) is 3.92. The van der Waals surface area contributed by atoms with Crippen molar-refractivity contribution in [3.8, 4) is 0 Å². The van der Waals surface area contributed by atoms with E-state index in [4.69, 9.17) is 9.47 Å². The molecule has 0 saturated carbocycles. The summed E-state index contributed by atoms with van der Waals surface area (Å²) in [6, 6.07) is 4.25. The quantitative estimate of drug-likeness (QED) is 0.632. The second-order valence-electron chi connectivity index (χ2n) is 3.92. The van der Waals surface area contributed by atoms with E-state index in [0.29, 0.717) is 13.2 Å². The van der Waals surface area contributed by atoms with Crippen LogP contribution in [0.3, 0.4) is 0 Å². The van der Waals surface area contributed by atoms with Crippen LogP contribution >= 0.6 is 0 Å². The molecule has 0 radical (unpaired) electrons. The van der Waals surface area contributed by atoms with Gasteiger partial charge >= 0.3 is 0 Å². The molecule has 0 saturated heterocycles. The Labute approximate surface area is 104 Å². The number of ether oxygens (including phenoxy) is 2. The van der Waals surface area contributed by atoms with Gasteiger partial charge in [-0.15, -0.1) is 0 Å². The molecule has 1 rings (SSSR count). The van der Waals surface area contributed by atoms with Gasteiger partial charge in [0.15, 0.2) is 0 Å². The van der Waals surface area contributed by atoms with Gasteiger partial charge < -0.3 is 19.4 Å². The van der Waals surface area contributed by atoms with Crippen LogP contribution in [0, 0.1) is 0 Å². The molecule has 1 heterocycles. The van der Waals surface area contributed by atoms with E-state index in [-0.39, 0.29) is 0 Å². The average Bonchev–Trinajstić information content (AvgIpc) is 2.80. The van der Waals surface area contributed by atoms with Gasteiger partial charge in [-0.3, -0.25) is 0 Å². The van der Waals surface area contributed by atoms with Crippen molar-refractivity contribution in [3.05, 3.63) is 24.0 Å². The fourth-order valence-electron chi connectivity index (χ4n) is 1.68. The van der Waals surface area contributed by atoms with Gasteiger partial charge in [0, 0.05) is 38.7 Å². The molecule has 0 atom stereocenters. The van der Waals surface area contributed by atoms with Crippen LogP contribution in [0.1, 0.15) is 19.0 Å². The number of methoxy groups -OCH3 is 1. The van der Waals surface area contributed by atoms with E-state index in [9.17, 15) is 0 Å². The number of aryl methyl sites for hydroxylation is 1. The van der Waals surface area contributed by atoms with Crippen molar-refractivity contribution in [2.24, 2.45) is 0 Å². The van der Waals surface area contributed by atoms with Crippen LogP contribution in [-0.4, -0.2) is 38.0 Å². The lowest BCUT2D eigenvalue weighted by Gasteiger charge is -2.08. The maximum Gasteiger partial charge on any atom is 0.0700 e. The standard InChI is InChI=1S/C13H24N2O2/c1-3-15-8-4-6-13(15)12-14-7-5-9-17-11-10-16-2/h4,6,8,14H,3,5,7,9-12H2,1-2H3. The molecule has 0 fully saturated rings. The highest BCUT2D eigenvalue weighted by Crippen LogP contribution is 2.01. The molecule has 4 heteroatoms. The first-order chi connectivity index (χ1) is 8.38. The minimum atomic E-state index is 0.678. The molecule has 17 heavy (non-hydrogen) atoms. The summed E-state index contributed by atoms with van der Waals surface area (Å²) in [6.07, 6.45) is 3.15. The first-order valence-electron chi connectivity index (χ1n) is 6.30. The molecule has 0 aliphatic heterocycles. The smallest absolute Gasteiger partial charge is 0.0700 e. The van der Waals surface area contributed by atoms with Crippen LogP contribution in [0.25, 0.3) is 0 Å². The Hall–Kier alpha value is -0.840. The molecule has 1 aromatic rings. The molecule has 98 valence electrons.